The van der Waals surface area contributed by atoms with Gasteiger partial charge < -0.3 is 0 Å². The van der Waals surface area contributed by atoms with Crippen LogP contribution in [0.2, 0.25) is 0 Å². The predicted octanol–water partition coefficient (Wildman–Crippen LogP) is 6.20. The summed E-state index contributed by atoms with van der Waals surface area (Å²) in [6.45, 7) is 6.80. The first-order valence-electron chi connectivity index (χ1n) is 8.20. The summed E-state index contributed by atoms with van der Waals surface area (Å²) in [6, 6.07) is 10.6. The van der Waals surface area contributed by atoms with E-state index in [2.05, 4.69) is 79.9 Å². The first-order chi connectivity index (χ1) is 12.2. The summed E-state index contributed by atoms with van der Waals surface area (Å²) >= 11 is 6.98. The van der Waals surface area contributed by atoms with Crippen molar-refractivity contribution < 1.29 is 0 Å². The van der Waals surface area contributed by atoms with E-state index in [0.29, 0.717) is 6.54 Å². The Bertz CT molecular complexity index is 837. The van der Waals surface area contributed by atoms with Crippen LogP contribution in [-0.4, -0.2) is 14.8 Å². The van der Waals surface area contributed by atoms with Crippen LogP contribution in [-0.2, 0) is 18.7 Å². The summed E-state index contributed by atoms with van der Waals surface area (Å²) in [7, 11) is 0. The zero-order valence-electron chi connectivity index (χ0n) is 14.1. The van der Waals surface area contributed by atoms with Crippen LogP contribution in [0, 0.1) is 0 Å². The highest BCUT2D eigenvalue weighted by molar-refractivity contribution is 9.10. The maximum Gasteiger partial charge on any atom is 0.192 e. The molecular weight excluding hydrogens is 414 g/mol. The van der Waals surface area contributed by atoms with Gasteiger partial charge in [-0.05, 0) is 30.2 Å². The number of thiophene rings is 1. The number of halogens is 1. The lowest BCUT2D eigenvalue weighted by Crippen LogP contribution is -2.00. The fourth-order valence-corrected chi connectivity index (χ4v) is 4.64. The third kappa shape index (κ3) is 4.63. The normalized spacial score (nSPS) is 11.0. The van der Waals surface area contributed by atoms with Crippen molar-refractivity contribution in [3.8, 4) is 11.4 Å². The molecule has 3 nitrogen and oxygen atoms in total. The molecule has 0 bridgehead atoms. The fraction of sp³-hybridized carbons (Fsp3) is 0.263. The summed E-state index contributed by atoms with van der Waals surface area (Å²) in [5, 5.41) is 12.0. The minimum absolute atomic E-state index is 0.712. The number of rotatable bonds is 8. The quantitative estimate of drug-likeness (QED) is 0.312. The van der Waals surface area contributed by atoms with Gasteiger partial charge in [-0.3, -0.25) is 4.57 Å². The van der Waals surface area contributed by atoms with E-state index in [1.807, 2.05) is 6.08 Å². The Morgan fingerprint density at radius 2 is 2.08 bits per heavy atom. The van der Waals surface area contributed by atoms with Gasteiger partial charge in [-0.1, -0.05) is 59.2 Å². The SMILES string of the molecule is C=CCn1c(SCc2ccc(Br)cc2)nnc1-c1csc(CCC)c1. The number of aromatic nitrogens is 3. The molecule has 2 aromatic heterocycles. The molecule has 6 heteroatoms. The largest absolute Gasteiger partial charge is 0.298 e. The van der Waals surface area contributed by atoms with Crippen molar-refractivity contribution in [3.05, 3.63) is 63.3 Å². The van der Waals surface area contributed by atoms with Crippen molar-refractivity contribution in [2.45, 2.75) is 37.2 Å². The van der Waals surface area contributed by atoms with Gasteiger partial charge in [0, 0.05) is 32.6 Å². The van der Waals surface area contributed by atoms with Crippen molar-refractivity contribution in [1.29, 1.82) is 0 Å². The van der Waals surface area contributed by atoms with Gasteiger partial charge in [0.25, 0.3) is 0 Å². The summed E-state index contributed by atoms with van der Waals surface area (Å²) < 4.78 is 3.24. The molecule has 0 radical (unpaired) electrons. The van der Waals surface area contributed by atoms with E-state index in [0.717, 1.165) is 39.6 Å². The Balaban J connectivity index is 1.80. The summed E-state index contributed by atoms with van der Waals surface area (Å²) in [5.41, 5.74) is 2.42. The van der Waals surface area contributed by atoms with Crippen molar-refractivity contribution in [2.75, 3.05) is 0 Å². The van der Waals surface area contributed by atoms with Crippen LogP contribution in [0.3, 0.4) is 0 Å². The lowest BCUT2D eigenvalue weighted by atomic mass is 10.2. The van der Waals surface area contributed by atoms with Crippen molar-refractivity contribution in [1.82, 2.24) is 14.8 Å². The molecule has 0 atom stereocenters. The number of allylic oxidation sites excluding steroid dienone is 1. The van der Waals surface area contributed by atoms with Gasteiger partial charge in [-0.25, -0.2) is 0 Å². The Morgan fingerprint density at radius 3 is 2.80 bits per heavy atom. The summed E-state index contributed by atoms with van der Waals surface area (Å²) in [4.78, 5) is 1.40. The molecular formula is C19H20BrN3S2. The van der Waals surface area contributed by atoms with Crippen LogP contribution in [0.15, 0.2) is 58.0 Å². The number of benzene rings is 1. The molecule has 1 aromatic carbocycles. The number of hydrogen-bond acceptors (Lipinski definition) is 4. The zero-order chi connectivity index (χ0) is 17.6. The lowest BCUT2D eigenvalue weighted by molar-refractivity contribution is 0.731. The molecule has 0 fully saturated rings. The van der Waals surface area contributed by atoms with Crippen LogP contribution in [0.4, 0.5) is 0 Å². The van der Waals surface area contributed by atoms with E-state index in [9.17, 15) is 0 Å². The van der Waals surface area contributed by atoms with E-state index >= 15 is 0 Å². The van der Waals surface area contributed by atoms with Crippen LogP contribution < -0.4 is 0 Å². The highest BCUT2D eigenvalue weighted by Crippen LogP contribution is 2.29. The molecule has 0 saturated carbocycles. The molecule has 0 amide bonds. The summed E-state index contributed by atoms with van der Waals surface area (Å²) in [6.07, 6.45) is 4.18. The molecule has 3 rings (SSSR count). The van der Waals surface area contributed by atoms with Crippen LogP contribution in [0.25, 0.3) is 11.4 Å². The predicted molar refractivity (Wildman–Crippen MR) is 111 cm³/mol. The molecule has 130 valence electrons. The first-order valence-corrected chi connectivity index (χ1v) is 10.9. The fourth-order valence-electron chi connectivity index (χ4n) is 2.51. The Hall–Kier alpha value is -1.37. The average molecular weight is 434 g/mol. The molecule has 0 saturated heterocycles. The second-order valence-electron chi connectivity index (χ2n) is 5.67. The smallest absolute Gasteiger partial charge is 0.192 e. The Morgan fingerprint density at radius 1 is 1.28 bits per heavy atom. The third-order valence-corrected chi connectivity index (χ3v) is 6.28. The molecule has 0 aliphatic rings. The van der Waals surface area contributed by atoms with Crippen molar-refractivity contribution in [2.24, 2.45) is 0 Å². The first kappa shape index (κ1) is 18.4. The van der Waals surface area contributed by atoms with Crippen molar-refractivity contribution >= 4 is 39.0 Å². The van der Waals surface area contributed by atoms with Gasteiger partial charge in [0.2, 0.25) is 0 Å². The molecule has 0 spiro atoms. The second-order valence-corrected chi connectivity index (χ2v) is 8.53. The molecule has 0 unspecified atom stereocenters. The number of nitrogens with zero attached hydrogens (tertiary/aromatic N) is 3. The molecule has 0 aliphatic heterocycles. The number of aryl methyl sites for hydroxylation is 1. The highest BCUT2D eigenvalue weighted by Gasteiger charge is 2.15. The van der Waals surface area contributed by atoms with Crippen LogP contribution >= 0.6 is 39.0 Å². The monoisotopic (exact) mass is 433 g/mol. The van der Waals surface area contributed by atoms with Gasteiger partial charge in [0.1, 0.15) is 0 Å². The molecule has 25 heavy (non-hydrogen) atoms. The molecule has 3 aromatic rings. The Labute approximate surface area is 165 Å². The number of thioether (sulfide) groups is 1. The second kappa shape index (κ2) is 8.83. The van der Waals surface area contributed by atoms with Crippen LogP contribution in [0.1, 0.15) is 23.8 Å². The van der Waals surface area contributed by atoms with E-state index in [4.69, 9.17) is 0 Å². The Kier molecular flexibility index (Phi) is 6.51. The maximum atomic E-state index is 4.45. The average Bonchev–Trinajstić information content (AvgIpc) is 3.22. The van der Waals surface area contributed by atoms with E-state index in [1.54, 1.807) is 23.1 Å². The van der Waals surface area contributed by atoms with Crippen LogP contribution in [0.5, 0.6) is 0 Å². The van der Waals surface area contributed by atoms with E-state index in [-0.39, 0.29) is 0 Å². The van der Waals surface area contributed by atoms with Gasteiger partial charge in [0.05, 0.1) is 0 Å². The van der Waals surface area contributed by atoms with Gasteiger partial charge in [0.15, 0.2) is 11.0 Å². The minimum Gasteiger partial charge on any atom is -0.298 e. The van der Waals surface area contributed by atoms with Gasteiger partial charge in [-0.15, -0.1) is 28.1 Å². The molecule has 2 heterocycles. The van der Waals surface area contributed by atoms with Gasteiger partial charge >= 0.3 is 0 Å². The van der Waals surface area contributed by atoms with Gasteiger partial charge in [-0.2, -0.15) is 0 Å². The molecule has 0 N–H and O–H groups in total. The lowest BCUT2D eigenvalue weighted by Gasteiger charge is -2.07. The van der Waals surface area contributed by atoms with E-state index in [1.165, 1.54) is 10.4 Å². The minimum atomic E-state index is 0.712. The number of hydrogen-bond donors (Lipinski definition) is 0. The van der Waals surface area contributed by atoms with E-state index < -0.39 is 0 Å². The third-order valence-electron chi connectivity index (χ3n) is 3.72. The maximum absolute atomic E-state index is 4.45. The van der Waals surface area contributed by atoms with Crippen molar-refractivity contribution in [3.63, 3.8) is 0 Å². The topological polar surface area (TPSA) is 30.7 Å². The standard InChI is InChI=1S/C19H20BrN3S2/c1-3-5-17-11-15(13-24-17)18-21-22-19(23(18)10-4-2)25-12-14-6-8-16(20)9-7-14/h4,6-9,11,13H,2-3,5,10,12H2,1H3. The highest BCUT2D eigenvalue weighted by atomic mass is 79.9. The molecule has 0 aliphatic carbocycles. The zero-order valence-corrected chi connectivity index (χ0v) is 17.3. The summed E-state index contributed by atoms with van der Waals surface area (Å²) in [5.74, 6) is 1.80.